The van der Waals surface area contributed by atoms with Crippen LogP contribution in [0.4, 0.5) is 0 Å². The zero-order valence-electron chi connectivity index (χ0n) is 15.9. The minimum Gasteiger partial charge on any atom is -0.356 e. The maximum Gasteiger partial charge on any atom is 0.191 e. The molecule has 7 heteroatoms. The Morgan fingerprint density at radius 3 is 2.69 bits per heavy atom. The number of aryl methyl sites for hydroxylation is 1. The summed E-state index contributed by atoms with van der Waals surface area (Å²) in [6.07, 6.45) is 3.15. The van der Waals surface area contributed by atoms with Crippen molar-refractivity contribution >= 4 is 29.2 Å². The van der Waals surface area contributed by atoms with E-state index in [0.717, 1.165) is 62.1 Å². The highest BCUT2D eigenvalue weighted by molar-refractivity contribution is 6.35. The minimum absolute atomic E-state index is 0.678. The summed E-state index contributed by atoms with van der Waals surface area (Å²) in [5, 5.41) is 8.19. The summed E-state index contributed by atoms with van der Waals surface area (Å²) in [5.74, 6) is 0.860. The summed E-state index contributed by atoms with van der Waals surface area (Å²) in [5.41, 5.74) is 1.13. The second-order valence-corrected chi connectivity index (χ2v) is 7.61. The molecule has 0 radical (unpaired) electrons. The van der Waals surface area contributed by atoms with Gasteiger partial charge in [0.2, 0.25) is 0 Å². The molecule has 0 amide bonds. The quantitative estimate of drug-likeness (QED) is 0.420. The van der Waals surface area contributed by atoms with Crippen molar-refractivity contribution in [2.75, 3.05) is 59.9 Å². The lowest BCUT2D eigenvalue weighted by Gasteiger charge is -2.21. The number of rotatable bonds is 7. The molecule has 0 saturated carbocycles. The van der Waals surface area contributed by atoms with Crippen molar-refractivity contribution in [1.29, 1.82) is 0 Å². The van der Waals surface area contributed by atoms with Gasteiger partial charge < -0.3 is 20.4 Å². The number of nitrogens with one attached hydrogen (secondary N) is 2. The molecule has 0 spiro atoms. The third-order valence-corrected chi connectivity index (χ3v) is 5.27. The van der Waals surface area contributed by atoms with E-state index in [4.69, 9.17) is 23.2 Å². The summed E-state index contributed by atoms with van der Waals surface area (Å²) < 4.78 is 0. The zero-order chi connectivity index (χ0) is 18.8. The summed E-state index contributed by atoms with van der Waals surface area (Å²) >= 11 is 12.1. The van der Waals surface area contributed by atoms with Crippen LogP contribution in [0.15, 0.2) is 23.2 Å². The number of benzene rings is 1. The van der Waals surface area contributed by atoms with Crippen LogP contribution in [-0.2, 0) is 6.42 Å². The molecule has 1 heterocycles. The maximum absolute atomic E-state index is 6.21. The van der Waals surface area contributed by atoms with E-state index in [2.05, 4.69) is 32.5 Å². The first kappa shape index (κ1) is 21.3. The Hall–Kier alpha value is -1.01. The first-order valence-corrected chi connectivity index (χ1v) is 10.1. The molecule has 2 N–H and O–H groups in total. The van der Waals surface area contributed by atoms with Gasteiger partial charge in [-0.1, -0.05) is 29.3 Å². The summed E-state index contributed by atoms with van der Waals surface area (Å²) in [6, 6.07) is 5.68. The van der Waals surface area contributed by atoms with Gasteiger partial charge in [0.1, 0.15) is 0 Å². The van der Waals surface area contributed by atoms with Crippen LogP contribution in [0.25, 0.3) is 0 Å². The van der Waals surface area contributed by atoms with Crippen molar-refractivity contribution in [3.8, 4) is 0 Å². The molecule has 1 aromatic carbocycles. The van der Waals surface area contributed by atoms with Gasteiger partial charge in [0.25, 0.3) is 0 Å². The Kier molecular flexibility index (Phi) is 9.54. The molecule has 1 fully saturated rings. The van der Waals surface area contributed by atoms with Gasteiger partial charge in [-0.2, -0.15) is 0 Å². The Bertz CT molecular complexity index is 579. The van der Waals surface area contributed by atoms with Crippen LogP contribution in [0.1, 0.15) is 18.4 Å². The van der Waals surface area contributed by atoms with E-state index >= 15 is 0 Å². The fourth-order valence-corrected chi connectivity index (χ4v) is 3.59. The molecule has 1 saturated heterocycles. The van der Waals surface area contributed by atoms with E-state index in [1.165, 1.54) is 19.5 Å². The van der Waals surface area contributed by atoms with Gasteiger partial charge >= 0.3 is 0 Å². The second kappa shape index (κ2) is 11.7. The largest absolute Gasteiger partial charge is 0.356 e. The standard InChI is InChI=1S/C19H31Cl2N5/c1-22-19(24-9-12-26-11-4-10-25(2)13-14-26)23-8-3-5-16-6-7-17(20)15-18(16)21/h6-7,15H,3-5,8-14H2,1-2H3,(H2,22,23,24). The van der Waals surface area contributed by atoms with Crippen molar-refractivity contribution in [3.63, 3.8) is 0 Å². The molecule has 0 atom stereocenters. The number of guanidine groups is 1. The topological polar surface area (TPSA) is 42.9 Å². The van der Waals surface area contributed by atoms with Gasteiger partial charge in [-0.3, -0.25) is 4.99 Å². The Balaban J connectivity index is 1.61. The molecule has 0 aliphatic carbocycles. The van der Waals surface area contributed by atoms with E-state index < -0.39 is 0 Å². The Morgan fingerprint density at radius 1 is 1.12 bits per heavy atom. The van der Waals surface area contributed by atoms with Crippen LogP contribution < -0.4 is 10.6 Å². The average molecular weight is 400 g/mol. The smallest absolute Gasteiger partial charge is 0.191 e. The molecule has 1 aliphatic rings. The van der Waals surface area contributed by atoms with Crippen LogP contribution >= 0.6 is 23.2 Å². The van der Waals surface area contributed by atoms with E-state index in [9.17, 15) is 0 Å². The van der Waals surface area contributed by atoms with Gasteiger partial charge in [-0.25, -0.2) is 0 Å². The number of hydrogen-bond acceptors (Lipinski definition) is 3. The van der Waals surface area contributed by atoms with E-state index in [0.29, 0.717) is 5.02 Å². The highest BCUT2D eigenvalue weighted by Crippen LogP contribution is 2.21. The van der Waals surface area contributed by atoms with Gasteiger partial charge in [-0.15, -0.1) is 0 Å². The SMILES string of the molecule is CN=C(NCCCc1ccc(Cl)cc1Cl)NCCN1CCCN(C)CC1. The van der Waals surface area contributed by atoms with Gasteiger partial charge in [-0.05, 0) is 57.1 Å². The first-order chi connectivity index (χ1) is 12.6. The highest BCUT2D eigenvalue weighted by Gasteiger charge is 2.11. The predicted octanol–water partition coefficient (Wildman–Crippen LogP) is 2.73. The third kappa shape index (κ3) is 7.70. The van der Waals surface area contributed by atoms with Crippen LogP contribution in [0.5, 0.6) is 0 Å². The normalized spacial score (nSPS) is 17.2. The molecule has 0 aromatic heterocycles. The lowest BCUT2D eigenvalue weighted by atomic mass is 10.1. The Morgan fingerprint density at radius 2 is 1.92 bits per heavy atom. The number of hydrogen-bond donors (Lipinski definition) is 2. The minimum atomic E-state index is 0.678. The lowest BCUT2D eigenvalue weighted by Crippen LogP contribution is -2.42. The predicted molar refractivity (Wildman–Crippen MR) is 113 cm³/mol. The molecule has 146 valence electrons. The molecule has 1 aromatic rings. The molecule has 26 heavy (non-hydrogen) atoms. The van der Waals surface area contributed by atoms with Crippen molar-refractivity contribution in [1.82, 2.24) is 20.4 Å². The molecular formula is C19H31Cl2N5. The van der Waals surface area contributed by atoms with Crippen molar-refractivity contribution < 1.29 is 0 Å². The number of halogens is 2. The molecule has 0 unspecified atom stereocenters. The highest BCUT2D eigenvalue weighted by atomic mass is 35.5. The Labute approximate surface area is 167 Å². The van der Waals surface area contributed by atoms with E-state index in [1.807, 2.05) is 19.2 Å². The molecule has 0 bridgehead atoms. The van der Waals surface area contributed by atoms with E-state index in [-0.39, 0.29) is 0 Å². The van der Waals surface area contributed by atoms with Crippen LogP contribution in [0.2, 0.25) is 10.0 Å². The molecule has 5 nitrogen and oxygen atoms in total. The van der Waals surface area contributed by atoms with Crippen LogP contribution in [0.3, 0.4) is 0 Å². The van der Waals surface area contributed by atoms with Gasteiger partial charge in [0.05, 0.1) is 0 Å². The summed E-state index contributed by atoms with van der Waals surface area (Å²) in [6.45, 7) is 7.49. The summed E-state index contributed by atoms with van der Waals surface area (Å²) in [4.78, 5) is 9.22. The zero-order valence-corrected chi connectivity index (χ0v) is 17.4. The van der Waals surface area contributed by atoms with Crippen LogP contribution in [-0.4, -0.2) is 75.7 Å². The molecule has 1 aliphatic heterocycles. The van der Waals surface area contributed by atoms with Gasteiger partial charge in [0.15, 0.2) is 5.96 Å². The number of likely N-dealkylation sites (N-methyl/N-ethyl adjacent to an activating group) is 1. The number of nitrogens with zero attached hydrogens (tertiary/aromatic N) is 3. The molecule has 2 rings (SSSR count). The fraction of sp³-hybridized carbons (Fsp3) is 0.632. The maximum atomic E-state index is 6.21. The van der Waals surface area contributed by atoms with Crippen molar-refractivity contribution in [3.05, 3.63) is 33.8 Å². The third-order valence-electron chi connectivity index (χ3n) is 4.69. The van der Waals surface area contributed by atoms with Gasteiger partial charge in [0, 0.05) is 49.8 Å². The fourth-order valence-electron chi connectivity index (χ4n) is 3.09. The van der Waals surface area contributed by atoms with Crippen molar-refractivity contribution in [2.45, 2.75) is 19.3 Å². The molecular weight excluding hydrogens is 369 g/mol. The van der Waals surface area contributed by atoms with Crippen molar-refractivity contribution in [2.24, 2.45) is 4.99 Å². The summed E-state index contributed by atoms with van der Waals surface area (Å²) in [7, 11) is 4.01. The van der Waals surface area contributed by atoms with Crippen LogP contribution in [0, 0.1) is 0 Å². The lowest BCUT2D eigenvalue weighted by molar-refractivity contribution is 0.280. The second-order valence-electron chi connectivity index (χ2n) is 6.76. The van der Waals surface area contributed by atoms with E-state index in [1.54, 1.807) is 6.07 Å². The first-order valence-electron chi connectivity index (χ1n) is 9.38. The monoisotopic (exact) mass is 399 g/mol. The number of aliphatic imine (C=N–C) groups is 1. The average Bonchev–Trinajstić information content (AvgIpc) is 2.83.